The molecule has 0 saturated heterocycles. The molecule has 194 valence electrons. The Bertz CT molecular complexity index is 1570. The number of fused-ring (bicyclic) bond motifs is 1. The molecule has 0 aliphatic rings. The van der Waals surface area contributed by atoms with Crippen LogP contribution in [0.5, 0.6) is 0 Å². The van der Waals surface area contributed by atoms with Gasteiger partial charge in [0.1, 0.15) is 17.1 Å². The van der Waals surface area contributed by atoms with Crippen LogP contribution in [0.3, 0.4) is 0 Å². The van der Waals surface area contributed by atoms with Gasteiger partial charge in [-0.05, 0) is 61.4 Å². The maximum Gasteiger partial charge on any atom is 0.378 e. The summed E-state index contributed by atoms with van der Waals surface area (Å²) in [7, 11) is -3.83. The SMILES string of the molecule is CCOP(=O)(OCC)c1c2ccccc2c(C(c2ccccc2)c2ccc(F)cc2)n1-c1ccc(F)cc1. The molecule has 0 N–H and O–H groups in total. The minimum Gasteiger partial charge on any atom is -0.305 e. The van der Waals surface area contributed by atoms with Gasteiger partial charge in [0.15, 0.2) is 0 Å². The molecule has 1 unspecified atom stereocenters. The Morgan fingerprint density at radius 2 is 1.18 bits per heavy atom. The second kappa shape index (κ2) is 11.0. The number of aromatic nitrogens is 1. The van der Waals surface area contributed by atoms with Crippen molar-refractivity contribution in [2.75, 3.05) is 13.2 Å². The topological polar surface area (TPSA) is 40.5 Å². The van der Waals surface area contributed by atoms with Crippen molar-refractivity contribution in [3.8, 4) is 5.69 Å². The van der Waals surface area contributed by atoms with Gasteiger partial charge < -0.3 is 13.6 Å². The van der Waals surface area contributed by atoms with Crippen LogP contribution in [0.4, 0.5) is 8.78 Å². The zero-order chi connectivity index (χ0) is 26.7. The largest absolute Gasteiger partial charge is 0.378 e. The van der Waals surface area contributed by atoms with E-state index in [4.69, 9.17) is 9.05 Å². The highest BCUT2D eigenvalue weighted by molar-refractivity contribution is 7.62. The molecule has 0 fully saturated rings. The Hall–Kier alpha value is -3.57. The van der Waals surface area contributed by atoms with E-state index in [1.165, 1.54) is 24.3 Å². The van der Waals surface area contributed by atoms with Gasteiger partial charge in [-0.25, -0.2) is 8.78 Å². The Balaban J connectivity index is 1.95. The van der Waals surface area contributed by atoms with Crippen LogP contribution < -0.4 is 5.44 Å². The average Bonchev–Trinajstić information content (AvgIpc) is 3.27. The van der Waals surface area contributed by atoms with Crippen LogP contribution in [-0.4, -0.2) is 17.8 Å². The number of hydrogen-bond acceptors (Lipinski definition) is 3. The van der Waals surface area contributed by atoms with E-state index in [-0.39, 0.29) is 30.8 Å². The molecule has 0 saturated carbocycles. The van der Waals surface area contributed by atoms with E-state index < -0.39 is 7.60 Å². The fourth-order valence-corrected chi connectivity index (χ4v) is 6.93. The molecule has 0 bridgehead atoms. The molecule has 7 heteroatoms. The molecule has 0 amide bonds. The van der Waals surface area contributed by atoms with Gasteiger partial charge in [0.2, 0.25) is 0 Å². The summed E-state index contributed by atoms with van der Waals surface area (Å²) >= 11 is 0. The first kappa shape index (κ1) is 26.1. The Kier molecular flexibility index (Phi) is 7.57. The van der Waals surface area contributed by atoms with Gasteiger partial charge in [-0.15, -0.1) is 0 Å². The van der Waals surface area contributed by atoms with E-state index in [1.807, 2.05) is 59.2 Å². The minimum absolute atomic E-state index is 0.176. The predicted molar refractivity (Wildman–Crippen MR) is 148 cm³/mol. The van der Waals surface area contributed by atoms with Crippen molar-refractivity contribution in [3.05, 3.63) is 132 Å². The summed E-state index contributed by atoms with van der Waals surface area (Å²) in [5.74, 6) is -1.10. The van der Waals surface area contributed by atoms with Crippen molar-refractivity contribution in [1.82, 2.24) is 4.57 Å². The lowest BCUT2D eigenvalue weighted by atomic mass is 9.86. The Labute approximate surface area is 221 Å². The number of benzene rings is 4. The van der Waals surface area contributed by atoms with Gasteiger partial charge in [0.05, 0.1) is 19.1 Å². The highest BCUT2D eigenvalue weighted by Gasteiger charge is 2.38. The van der Waals surface area contributed by atoms with Crippen molar-refractivity contribution in [3.63, 3.8) is 0 Å². The summed E-state index contributed by atoms with van der Waals surface area (Å²) in [4.78, 5) is 0. The second-order valence-corrected chi connectivity index (χ2v) is 10.7. The molecule has 0 aliphatic carbocycles. The van der Waals surface area contributed by atoms with E-state index in [2.05, 4.69) is 0 Å². The van der Waals surface area contributed by atoms with Gasteiger partial charge in [-0.2, -0.15) is 0 Å². The van der Waals surface area contributed by atoms with Crippen LogP contribution in [0.2, 0.25) is 0 Å². The number of hydrogen-bond donors (Lipinski definition) is 0. The monoisotopic (exact) mass is 531 g/mol. The summed E-state index contributed by atoms with van der Waals surface area (Å²) in [5.41, 5.74) is 3.58. The molecule has 1 aromatic heterocycles. The number of nitrogens with zero attached hydrogens (tertiary/aromatic N) is 1. The third-order valence-electron chi connectivity index (χ3n) is 6.45. The first-order valence-electron chi connectivity index (χ1n) is 12.6. The highest BCUT2D eigenvalue weighted by atomic mass is 31.2. The van der Waals surface area contributed by atoms with Crippen molar-refractivity contribution < 1.29 is 22.4 Å². The molecule has 0 radical (unpaired) electrons. The number of halogens is 2. The molecule has 5 rings (SSSR count). The average molecular weight is 532 g/mol. The van der Waals surface area contributed by atoms with Gasteiger partial charge in [-0.3, -0.25) is 4.57 Å². The molecule has 4 nitrogen and oxygen atoms in total. The predicted octanol–water partition coefficient (Wildman–Crippen LogP) is 7.98. The fraction of sp³-hybridized carbons (Fsp3) is 0.161. The van der Waals surface area contributed by atoms with E-state index in [1.54, 1.807) is 38.1 Å². The zero-order valence-corrected chi connectivity index (χ0v) is 22.1. The maximum atomic E-state index is 14.5. The van der Waals surface area contributed by atoms with Crippen molar-refractivity contribution in [2.24, 2.45) is 0 Å². The van der Waals surface area contributed by atoms with Crippen LogP contribution in [0.15, 0.2) is 103 Å². The smallest absolute Gasteiger partial charge is 0.305 e. The quantitative estimate of drug-likeness (QED) is 0.181. The van der Waals surface area contributed by atoms with Crippen LogP contribution in [0.1, 0.15) is 36.6 Å². The van der Waals surface area contributed by atoms with Crippen LogP contribution in [0, 0.1) is 11.6 Å². The first-order chi connectivity index (χ1) is 18.5. The summed E-state index contributed by atoms with van der Waals surface area (Å²) in [6.45, 7) is 3.89. The van der Waals surface area contributed by atoms with Gasteiger partial charge in [0.25, 0.3) is 0 Å². The van der Waals surface area contributed by atoms with E-state index in [0.717, 1.165) is 22.2 Å². The Morgan fingerprint density at radius 3 is 1.76 bits per heavy atom. The van der Waals surface area contributed by atoms with E-state index >= 15 is 0 Å². The van der Waals surface area contributed by atoms with Crippen LogP contribution >= 0.6 is 7.60 Å². The normalized spacial score (nSPS) is 12.6. The molecular weight excluding hydrogens is 503 g/mol. The lowest BCUT2D eigenvalue weighted by molar-refractivity contribution is 0.229. The lowest BCUT2D eigenvalue weighted by Gasteiger charge is -2.25. The van der Waals surface area contributed by atoms with Crippen LogP contribution in [0.25, 0.3) is 16.5 Å². The summed E-state index contributed by atoms with van der Waals surface area (Å²) in [6.07, 6.45) is 0. The molecule has 0 spiro atoms. The van der Waals surface area contributed by atoms with Crippen molar-refractivity contribution >= 4 is 23.8 Å². The summed E-state index contributed by atoms with van der Waals surface area (Å²) in [6, 6.07) is 29.9. The lowest BCUT2D eigenvalue weighted by Crippen LogP contribution is -2.23. The molecule has 4 aromatic carbocycles. The standard InChI is InChI=1S/C31H28F2NO3P/c1-3-36-38(35,37-4-2)31-28-13-9-8-12-27(28)30(34(31)26-20-18-25(33)19-21-26)29(22-10-6-5-7-11-22)23-14-16-24(32)17-15-23/h5-21,29H,3-4H2,1-2H3. The fourth-order valence-electron chi connectivity index (χ4n) is 4.97. The van der Waals surface area contributed by atoms with Crippen molar-refractivity contribution in [1.29, 1.82) is 0 Å². The second-order valence-electron chi connectivity index (χ2n) is 8.79. The first-order valence-corrected chi connectivity index (χ1v) is 14.1. The van der Waals surface area contributed by atoms with E-state index in [0.29, 0.717) is 16.5 Å². The molecule has 0 aliphatic heterocycles. The molecule has 38 heavy (non-hydrogen) atoms. The molecule has 1 heterocycles. The van der Waals surface area contributed by atoms with Crippen molar-refractivity contribution in [2.45, 2.75) is 19.8 Å². The van der Waals surface area contributed by atoms with Crippen LogP contribution in [-0.2, 0) is 13.6 Å². The Morgan fingerprint density at radius 1 is 0.684 bits per heavy atom. The molecule has 1 atom stereocenters. The molecular formula is C31H28F2NO3P. The van der Waals surface area contributed by atoms with Gasteiger partial charge in [0, 0.05) is 22.2 Å². The highest BCUT2D eigenvalue weighted by Crippen LogP contribution is 2.51. The minimum atomic E-state index is -3.83. The summed E-state index contributed by atoms with van der Waals surface area (Å²) in [5, 5.41) is 1.55. The zero-order valence-electron chi connectivity index (χ0n) is 21.2. The van der Waals surface area contributed by atoms with E-state index in [9.17, 15) is 13.3 Å². The third kappa shape index (κ3) is 4.83. The maximum absolute atomic E-state index is 14.5. The summed E-state index contributed by atoms with van der Waals surface area (Å²) < 4.78 is 56.1. The third-order valence-corrected chi connectivity index (χ3v) is 8.60. The molecule has 5 aromatic rings. The number of rotatable bonds is 9. The van der Waals surface area contributed by atoms with Gasteiger partial charge >= 0.3 is 7.60 Å². The van der Waals surface area contributed by atoms with Gasteiger partial charge in [-0.1, -0.05) is 66.7 Å².